The van der Waals surface area contributed by atoms with Crippen LogP contribution in [0.1, 0.15) is 29.3 Å². The third kappa shape index (κ3) is 3.45. The van der Waals surface area contributed by atoms with Crippen molar-refractivity contribution in [3.05, 3.63) is 53.7 Å². The molecule has 0 bridgehead atoms. The Balaban J connectivity index is 1.85. The lowest BCUT2D eigenvalue weighted by molar-refractivity contribution is -0.127. The number of carbonyl (C=O) groups is 2. The summed E-state index contributed by atoms with van der Waals surface area (Å²) >= 11 is 0. The minimum absolute atomic E-state index is 0.123. The van der Waals surface area contributed by atoms with Gasteiger partial charge in [-0.2, -0.15) is 0 Å². The first-order chi connectivity index (χ1) is 11.5. The van der Waals surface area contributed by atoms with E-state index in [1.807, 2.05) is 23.1 Å². The first-order valence-electron chi connectivity index (χ1n) is 8.07. The lowest BCUT2D eigenvalue weighted by Gasteiger charge is -2.15. The summed E-state index contributed by atoms with van der Waals surface area (Å²) in [6.45, 7) is 3.19. The Morgan fingerprint density at radius 3 is 2.83 bits per heavy atom. The average Bonchev–Trinajstić information content (AvgIpc) is 3.04. The minimum atomic E-state index is -0.942. The Morgan fingerprint density at radius 1 is 1.29 bits per heavy atom. The predicted octanol–water partition coefficient (Wildman–Crippen LogP) is 2.86. The number of hydrogen-bond donors (Lipinski definition) is 1. The highest BCUT2D eigenvalue weighted by atomic mass is 16.4. The minimum Gasteiger partial charge on any atom is -0.478 e. The van der Waals surface area contributed by atoms with Crippen LogP contribution in [0.3, 0.4) is 0 Å². The van der Waals surface area contributed by atoms with Gasteiger partial charge in [0.1, 0.15) is 0 Å². The molecule has 1 aliphatic heterocycles. The molecule has 1 atom stereocenters. The van der Waals surface area contributed by atoms with Crippen LogP contribution in [-0.2, 0) is 11.2 Å². The molecule has 5 heteroatoms. The van der Waals surface area contributed by atoms with Crippen LogP contribution in [0.2, 0.25) is 0 Å². The largest absolute Gasteiger partial charge is 0.478 e. The lowest BCUT2D eigenvalue weighted by atomic mass is 9.94. The van der Waals surface area contributed by atoms with Crippen LogP contribution in [-0.4, -0.2) is 40.0 Å². The number of carbonyl (C=O) groups excluding carboxylic acids is 1. The van der Waals surface area contributed by atoms with E-state index in [1.165, 1.54) is 0 Å². The molecule has 1 saturated heterocycles. The van der Waals surface area contributed by atoms with E-state index in [9.17, 15) is 14.7 Å². The Labute approximate surface area is 140 Å². The number of carboxylic acids is 1. The molecule has 1 aliphatic rings. The van der Waals surface area contributed by atoms with Crippen molar-refractivity contribution in [2.45, 2.75) is 19.8 Å². The summed E-state index contributed by atoms with van der Waals surface area (Å²) in [5.41, 5.74) is 2.98. The Bertz CT molecular complexity index is 773. The van der Waals surface area contributed by atoms with Gasteiger partial charge in [0.25, 0.3) is 0 Å². The third-order valence-electron chi connectivity index (χ3n) is 4.51. The van der Waals surface area contributed by atoms with E-state index in [4.69, 9.17) is 0 Å². The van der Waals surface area contributed by atoms with E-state index >= 15 is 0 Å². The van der Waals surface area contributed by atoms with Crippen LogP contribution >= 0.6 is 0 Å². The Hall–Kier alpha value is -2.69. The highest BCUT2D eigenvalue weighted by Crippen LogP contribution is 2.27. The van der Waals surface area contributed by atoms with Crippen LogP contribution in [0.5, 0.6) is 0 Å². The van der Waals surface area contributed by atoms with E-state index in [2.05, 4.69) is 4.98 Å². The predicted molar refractivity (Wildman–Crippen MR) is 90.7 cm³/mol. The van der Waals surface area contributed by atoms with Gasteiger partial charge in [-0.05, 0) is 42.5 Å². The van der Waals surface area contributed by atoms with E-state index in [1.54, 1.807) is 31.3 Å². The zero-order chi connectivity index (χ0) is 17.1. The first kappa shape index (κ1) is 16.2. The van der Waals surface area contributed by atoms with Gasteiger partial charge in [0.05, 0.1) is 11.3 Å². The normalized spacial score (nSPS) is 17.0. The molecule has 1 amide bonds. The molecule has 0 radical (unpaired) electrons. The molecule has 1 fully saturated rings. The SMILES string of the molecule is CC(=O)N1CC[C@@H](Cc2cccnc2-c2cccc(C(=O)O)c2)C1. The third-order valence-corrected chi connectivity index (χ3v) is 4.51. The molecule has 5 nitrogen and oxygen atoms in total. The van der Waals surface area contributed by atoms with Crippen molar-refractivity contribution in [1.29, 1.82) is 0 Å². The molecule has 24 heavy (non-hydrogen) atoms. The van der Waals surface area contributed by atoms with Crippen molar-refractivity contribution in [1.82, 2.24) is 9.88 Å². The molecular weight excluding hydrogens is 304 g/mol. The second kappa shape index (κ2) is 6.83. The second-order valence-electron chi connectivity index (χ2n) is 6.22. The molecule has 0 aliphatic carbocycles. The summed E-state index contributed by atoms with van der Waals surface area (Å²) in [5.74, 6) is -0.403. The molecule has 1 N–H and O–H groups in total. The average molecular weight is 324 g/mol. The van der Waals surface area contributed by atoms with E-state index < -0.39 is 5.97 Å². The number of nitrogens with zero attached hydrogens (tertiary/aromatic N) is 2. The van der Waals surface area contributed by atoms with Crippen molar-refractivity contribution in [2.24, 2.45) is 5.92 Å². The smallest absolute Gasteiger partial charge is 0.335 e. The van der Waals surface area contributed by atoms with E-state index in [0.717, 1.165) is 42.8 Å². The van der Waals surface area contributed by atoms with Crippen molar-refractivity contribution in [3.63, 3.8) is 0 Å². The fourth-order valence-corrected chi connectivity index (χ4v) is 3.26. The summed E-state index contributed by atoms with van der Waals surface area (Å²) in [5, 5.41) is 9.18. The zero-order valence-electron chi connectivity index (χ0n) is 13.6. The van der Waals surface area contributed by atoms with Gasteiger partial charge in [-0.15, -0.1) is 0 Å². The van der Waals surface area contributed by atoms with Crippen molar-refractivity contribution in [3.8, 4) is 11.3 Å². The van der Waals surface area contributed by atoms with Gasteiger partial charge in [-0.3, -0.25) is 9.78 Å². The van der Waals surface area contributed by atoms with Crippen molar-refractivity contribution in [2.75, 3.05) is 13.1 Å². The molecule has 2 aromatic rings. The molecule has 0 saturated carbocycles. The zero-order valence-corrected chi connectivity index (χ0v) is 13.6. The molecule has 0 unspecified atom stereocenters. The molecule has 0 spiro atoms. The molecule has 2 heterocycles. The summed E-state index contributed by atoms with van der Waals surface area (Å²) in [6.07, 6.45) is 3.55. The van der Waals surface area contributed by atoms with Crippen LogP contribution in [0.25, 0.3) is 11.3 Å². The number of aromatic nitrogens is 1. The molecule has 1 aromatic heterocycles. The number of amides is 1. The van der Waals surface area contributed by atoms with Crippen LogP contribution < -0.4 is 0 Å². The standard InChI is InChI=1S/C19H20N2O3/c1-13(22)21-9-7-14(12-21)10-15-6-3-8-20-18(15)16-4-2-5-17(11-16)19(23)24/h2-6,8,11,14H,7,9-10,12H2,1H3,(H,23,24)/t14-/m0/s1. The number of aromatic carboxylic acids is 1. The van der Waals surface area contributed by atoms with Gasteiger partial charge in [0.15, 0.2) is 0 Å². The Morgan fingerprint density at radius 2 is 2.12 bits per heavy atom. The summed E-state index contributed by atoms with van der Waals surface area (Å²) in [7, 11) is 0. The maximum atomic E-state index is 11.5. The van der Waals surface area contributed by atoms with E-state index in [-0.39, 0.29) is 11.5 Å². The van der Waals surface area contributed by atoms with Gasteiger partial charge in [0.2, 0.25) is 5.91 Å². The fraction of sp³-hybridized carbons (Fsp3) is 0.316. The summed E-state index contributed by atoms with van der Waals surface area (Å²) < 4.78 is 0. The quantitative estimate of drug-likeness (QED) is 0.939. The van der Waals surface area contributed by atoms with Crippen molar-refractivity contribution >= 4 is 11.9 Å². The number of pyridine rings is 1. The van der Waals surface area contributed by atoms with Crippen LogP contribution in [0.4, 0.5) is 0 Å². The van der Waals surface area contributed by atoms with Gasteiger partial charge in [0, 0.05) is 31.8 Å². The number of hydrogen-bond acceptors (Lipinski definition) is 3. The summed E-state index contributed by atoms with van der Waals surface area (Å²) in [6, 6.07) is 10.8. The maximum absolute atomic E-state index is 11.5. The summed E-state index contributed by atoms with van der Waals surface area (Å²) in [4.78, 5) is 29.0. The van der Waals surface area contributed by atoms with Gasteiger partial charge < -0.3 is 10.0 Å². The lowest BCUT2D eigenvalue weighted by Crippen LogP contribution is -2.26. The topological polar surface area (TPSA) is 70.5 Å². The number of benzene rings is 1. The first-order valence-corrected chi connectivity index (χ1v) is 8.07. The van der Waals surface area contributed by atoms with Crippen molar-refractivity contribution < 1.29 is 14.7 Å². The number of rotatable bonds is 4. The van der Waals surface area contributed by atoms with E-state index in [0.29, 0.717) is 5.92 Å². The number of carboxylic acid groups (broad SMARTS) is 1. The second-order valence-corrected chi connectivity index (χ2v) is 6.22. The fourth-order valence-electron chi connectivity index (χ4n) is 3.26. The highest BCUT2D eigenvalue weighted by Gasteiger charge is 2.25. The Kier molecular flexibility index (Phi) is 4.60. The number of likely N-dealkylation sites (tertiary alicyclic amines) is 1. The van der Waals surface area contributed by atoms with Gasteiger partial charge >= 0.3 is 5.97 Å². The molecule has 124 valence electrons. The maximum Gasteiger partial charge on any atom is 0.335 e. The molecule has 3 rings (SSSR count). The monoisotopic (exact) mass is 324 g/mol. The molecular formula is C19H20N2O3. The van der Waals surface area contributed by atoms with Crippen LogP contribution in [0.15, 0.2) is 42.6 Å². The highest BCUT2D eigenvalue weighted by molar-refractivity contribution is 5.89. The van der Waals surface area contributed by atoms with Crippen LogP contribution in [0, 0.1) is 5.92 Å². The van der Waals surface area contributed by atoms with Gasteiger partial charge in [-0.1, -0.05) is 18.2 Å². The molecule has 1 aromatic carbocycles. The van der Waals surface area contributed by atoms with Gasteiger partial charge in [-0.25, -0.2) is 4.79 Å².